The number of halogens is 1. The molecule has 0 bridgehead atoms. The number of hydrogen-bond acceptors (Lipinski definition) is 3. The van der Waals surface area contributed by atoms with E-state index in [9.17, 15) is 14.4 Å². The summed E-state index contributed by atoms with van der Waals surface area (Å²) in [4.78, 5) is 40.7. The Bertz CT molecular complexity index is 910. The molecule has 0 radical (unpaired) electrons. The number of hydrogen-bond donors (Lipinski definition) is 1. The van der Waals surface area contributed by atoms with Crippen LogP contribution in [0.15, 0.2) is 48.5 Å². The van der Waals surface area contributed by atoms with Gasteiger partial charge >= 0.3 is 0 Å². The van der Waals surface area contributed by atoms with Crippen molar-refractivity contribution in [2.45, 2.75) is 20.3 Å². The third-order valence-corrected chi connectivity index (χ3v) is 5.41. The average molecular weight is 414 g/mol. The number of amides is 3. The fourth-order valence-corrected chi connectivity index (χ4v) is 3.66. The summed E-state index contributed by atoms with van der Waals surface area (Å²) in [7, 11) is 0. The van der Waals surface area contributed by atoms with Gasteiger partial charge < -0.3 is 15.1 Å². The van der Waals surface area contributed by atoms with Crippen molar-refractivity contribution in [1.29, 1.82) is 0 Å². The van der Waals surface area contributed by atoms with E-state index in [4.69, 9.17) is 11.6 Å². The van der Waals surface area contributed by atoms with Gasteiger partial charge in [-0.3, -0.25) is 14.4 Å². The summed E-state index contributed by atoms with van der Waals surface area (Å²) in [5.74, 6) is -0.852. The monoisotopic (exact) mass is 413 g/mol. The van der Waals surface area contributed by atoms with Crippen molar-refractivity contribution in [3.05, 3.63) is 59.1 Å². The number of nitrogens with one attached hydrogen (secondary N) is 1. The van der Waals surface area contributed by atoms with E-state index in [0.717, 1.165) is 0 Å². The van der Waals surface area contributed by atoms with Crippen molar-refractivity contribution in [3.63, 3.8) is 0 Å². The van der Waals surface area contributed by atoms with Crippen molar-refractivity contribution in [2.75, 3.05) is 29.9 Å². The van der Waals surface area contributed by atoms with Crippen LogP contribution in [0.4, 0.5) is 11.4 Å². The molecular weight excluding hydrogens is 390 g/mol. The van der Waals surface area contributed by atoms with Crippen molar-refractivity contribution >= 4 is 40.7 Å². The number of carbonyl (C=O) groups is 3. The Morgan fingerprint density at radius 3 is 2.38 bits per heavy atom. The highest BCUT2D eigenvalue weighted by molar-refractivity contribution is 6.33. The summed E-state index contributed by atoms with van der Waals surface area (Å²) < 4.78 is 0. The molecule has 1 unspecified atom stereocenters. The van der Waals surface area contributed by atoms with Gasteiger partial charge in [-0.2, -0.15) is 0 Å². The number of anilines is 2. The summed E-state index contributed by atoms with van der Waals surface area (Å²) in [6.45, 7) is 5.44. The Labute approximate surface area is 175 Å². The normalized spacial score (nSPS) is 16.0. The zero-order valence-electron chi connectivity index (χ0n) is 16.5. The summed E-state index contributed by atoms with van der Waals surface area (Å²) in [5, 5.41) is 3.32. The summed E-state index contributed by atoms with van der Waals surface area (Å²) >= 11 is 6.18. The molecule has 0 aliphatic carbocycles. The summed E-state index contributed by atoms with van der Waals surface area (Å²) in [6, 6.07) is 13.9. The largest absolute Gasteiger partial charge is 0.339 e. The van der Waals surface area contributed by atoms with Crippen molar-refractivity contribution < 1.29 is 14.4 Å². The molecule has 29 heavy (non-hydrogen) atoms. The van der Waals surface area contributed by atoms with Crippen LogP contribution in [0.2, 0.25) is 5.02 Å². The average Bonchev–Trinajstić information content (AvgIpc) is 3.11. The lowest BCUT2D eigenvalue weighted by molar-refractivity contribution is -0.122. The Balaban J connectivity index is 1.64. The smallest absolute Gasteiger partial charge is 0.253 e. The third kappa shape index (κ3) is 4.59. The zero-order valence-corrected chi connectivity index (χ0v) is 17.3. The molecule has 1 saturated heterocycles. The van der Waals surface area contributed by atoms with Gasteiger partial charge in [-0.05, 0) is 50.2 Å². The van der Waals surface area contributed by atoms with E-state index in [2.05, 4.69) is 5.32 Å². The van der Waals surface area contributed by atoms with Crippen LogP contribution >= 0.6 is 11.6 Å². The van der Waals surface area contributed by atoms with E-state index in [0.29, 0.717) is 35.1 Å². The number of benzene rings is 2. The molecule has 1 N–H and O–H groups in total. The molecule has 6 nitrogen and oxygen atoms in total. The molecule has 2 aromatic carbocycles. The predicted molar refractivity (Wildman–Crippen MR) is 114 cm³/mol. The highest BCUT2D eigenvalue weighted by atomic mass is 35.5. The topological polar surface area (TPSA) is 69.7 Å². The minimum atomic E-state index is -0.462. The van der Waals surface area contributed by atoms with E-state index in [-0.39, 0.29) is 30.7 Å². The van der Waals surface area contributed by atoms with Crippen molar-refractivity contribution in [2.24, 2.45) is 5.92 Å². The molecule has 3 amide bonds. The van der Waals surface area contributed by atoms with Gasteiger partial charge in [0, 0.05) is 37.3 Å². The second kappa shape index (κ2) is 9.09. The minimum absolute atomic E-state index is 0.0374. The van der Waals surface area contributed by atoms with E-state index < -0.39 is 5.92 Å². The molecule has 1 aliphatic heterocycles. The second-order valence-corrected chi connectivity index (χ2v) is 7.31. The zero-order chi connectivity index (χ0) is 21.0. The second-order valence-electron chi connectivity index (χ2n) is 6.90. The van der Waals surface area contributed by atoms with E-state index in [1.165, 1.54) is 0 Å². The van der Waals surface area contributed by atoms with Gasteiger partial charge in [-0.1, -0.05) is 23.7 Å². The Kier molecular flexibility index (Phi) is 6.54. The molecule has 0 spiro atoms. The van der Waals surface area contributed by atoms with Crippen LogP contribution in [-0.2, 0) is 9.59 Å². The maximum absolute atomic E-state index is 12.6. The molecule has 152 valence electrons. The first-order chi connectivity index (χ1) is 13.9. The quantitative estimate of drug-likeness (QED) is 0.782. The van der Waals surface area contributed by atoms with Gasteiger partial charge in [0.05, 0.1) is 16.6 Å². The van der Waals surface area contributed by atoms with Crippen LogP contribution in [0.5, 0.6) is 0 Å². The first-order valence-electron chi connectivity index (χ1n) is 9.69. The lowest BCUT2D eigenvalue weighted by Crippen LogP contribution is -2.30. The van der Waals surface area contributed by atoms with Crippen molar-refractivity contribution in [1.82, 2.24) is 4.90 Å². The molecule has 1 fully saturated rings. The maximum Gasteiger partial charge on any atom is 0.253 e. The van der Waals surface area contributed by atoms with Crippen LogP contribution < -0.4 is 10.2 Å². The first kappa shape index (κ1) is 20.9. The molecule has 7 heteroatoms. The highest BCUT2D eigenvalue weighted by Gasteiger charge is 2.35. The lowest BCUT2D eigenvalue weighted by Gasteiger charge is -2.19. The molecule has 1 atom stereocenters. The van der Waals surface area contributed by atoms with Gasteiger partial charge in [0.1, 0.15) is 0 Å². The molecule has 2 aromatic rings. The van der Waals surface area contributed by atoms with E-state index in [1.807, 2.05) is 19.9 Å². The van der Waals surface area contributed by atoms with Crippen LogP contribution in [-0.4, -0.2) is 42.3 Å². The predicted octanol–water partition coefficient (Wildman–Crippen LogP) is 3.81. The Morgan fingerprint density at radius 1 is 1.10 bits per heavy atom. The van der Waals surface area contributed by atoms with Crippen LogP contribution in [0.1, 0.15) is 30.6 Å². The number of carbonyl (C=O) groups excluding carboxylic acids is 3. The van der Waals surface area contributed by atoms with Crippen LogP contribution in [0.3, 0.4) is 0 Å². The van der Waals surface area contributed by atoms with Crippen molar-refractivity contribution in [3.8, 4) is 0 Å². The number of nitrogens with zero attached hydrogens (tertiary/aromatic N) is 2. The SMILES string of the molecule is CCN(CC)C(=O)c1ccc(NC(=O)C2CC(=O)N(c3ccccc3Cl)C2)cc1. The maximum atomic E-state index is 12.6. The number of para-hydroxylation sites is 1. The molecule has 3 rings (SSSR count). The molecule has 0 saturated carbocycles. The fourth-order valence-electron chi connectivity index (χ4n) is 3.42. The Hall–Kier alpha value is -2.86. The molecular formula is C22H24ClN3O3. The standard InChI is InChI=1S/C22H24ClN3O3/c1-3-25(4-2)22(29)15-9-11-17(12-10-15)24-21(28)16-13-20(27)26(14-16)19-8-6-5-7-18(19)23/h5-12,16H,3-4,13-14H2,1-2H3,(H,24,28). The highest BCUT2D eigenvalue weighted by Crippen LogP contribution is 2.31. The third-order valence-electron chi connectivity index (χ3n) is 5.09. The molecule has 0 aromatic heterocycles. The lowest BCUT2D eigenvalue weighted by atomic mass is 10.1. The Morgan fingerprint density at radius 2 is 1.76 bits per heavy atom. The minimum Gasteiger partial charge on any atom is -0.339 e. The van der Waals surface area contributed by atoms with Crippen LogP contribution in [0.25, 0.3) is 0 Å². The molecule has 1 heterocycles. The van der Waals surface area contributed by atoms with Gasteiger partial charge in [0.15, 0.2) is 0 Å². The van der Waals surface area contributed by atoms with Gasteiger partial charge in [-0.25, -0.2) is 0 Å². The van der Waals surface area contributed by atoms with Gasteiger partial charge in [0.2, 0.25) is 11.8 Å². The molecule has 1 aliphatic rings. The van der Waals surface area contributed by atoms with E-state index in [1.54, 1.807) is 52.3 Å². The summed E-state index contributed by atoms with van der Waals surface area (Å²) in [5.41, 5.74) is 1.79. The van der Waals surface area contributed by atoms with Crippen LogP contribution in [0, 0.1) is 5.92 Å². The first-order valence-corrected chi connectivity index (χ1v) is 10.1. The fraction of sp³-hybridized carbons (Fsp3) is 0.318. The van der Waals surface area contributed by atoms with Gasteiger partial charge in [0.25, 0.3) is 5.91 Å². The number of rotatable bonds is 6. The van der Waals surface area contributed by atoms with Gasteiger partial charge in [-0.15, -0.1) is 0 Å². The van der Waals surface area contributed by atoms with E-state index >= 15 is 0 Å². The summed E-state index contributed by atoms with van der Waals surface area (Å²) in [6.07, 6.45) is 0.135.